The number of amides is 1. The summed E-state index contributed by atoms with van der Waals surface area (Å²) in [5, 5.41) is 3.14. The first-order valence-corrected chi connectivity index (χ1v) is 8.12. The van der Waals surface area contributed by atoms with Crippen LogP contribution in [0.3, 0.4) is 0 Å². The lowest BCUT2D eigenvalue weighted by molar-refractivity contribution is -0.127. The molecule has 1 rings (SSSR count). The van der Waals surface area contributed by atoms with E-state index in [0.717, 1.165) is 25.7 Å². The van der Waals surface area contributed by atoms with Gasteiger partial charge in [0.05, 0.1) is 0 Å². The Bertz CT molecular complexity index is 403. The van der Waals surface area contributed by atoms with Crippen molar-refractivity contribution in [2.24, 2.45) is 17.6 Å². The van der Waals surface area contributed by atoms with Gasteiger partial charge in [-0.1, -0.05) is 63.9 Å². The molecule has 0 radical (unpaired) electrons. The first-order chi connectivity index (χ1) is 10.1. The molecule has 2 unspecified atom stereocenters. The smallest absolute Gasteiger partial charge is 0.223 e. The van der Waals surface area contributed by atoms with Gasteiger partial charge in [-0.15, -0.1) is 0 Å². The monoisotopic (exact) mass is 290 g/mol. The van der Waals surface area contributed by atoms with Crippen LogP contribution in [0, 0.1) is 11.8 Å². The van der Waals surface area contributed by atoms with Gasteiger partial charge >= 0.3 is 0 Å². The maximum atomic E-state index is 12.6. The Hall–Kier alpha value is -1.35. The van der Waals surface area contributed by atoms with Crippen LogP contribution in [0.25, 0.3) is 0 Å². The maximum absolute atomic E-state index is 12.6. The minimum atomic E-state index is 0.00285. The average molecular weight is 290 g/mol. The van der Waals surface area contributed by atoms with E-state index in [1.165, 1.54) is 5.56 Å². The molecule has 0 aromatic heterocycles. The van der Waals surface area contributed by atoms with Crippen LogP contribution in [0.4, 0.5) is 0 Å². The number of benzene rings is 1. The second-order valence-corrected chi connectivity index (χ2v) is 6.12. The van der Waals surface area contributed by atoms with Gasteiger partial charge in [-0.2, -0.15) is 0 Å². The molecule has 0 aliphatic carbocycles. The third kappa shape index (κ3) is 6.30. The van der Waals surface area contributed by atoms with E-state index in [1.54, 1.807) is 0 Å². The van der Waals surface area contributed by atoms with E-state index in [4.69, 9.17) is 5.73 Å². The molecule has 0 aliphatic rings. The predicted molar refractivity (Wildman–Crippen MR) is 89.0 cm³/mol. The molecule has 21 heavy (non-hydrogen) atoms. The second kappa shape index (κ2) is 9.56. The van der Waals surface area contributed by atoms with Crippen molar-refractivity contribution in [2.75, 3.05) is 6.54 Å². The lowest BCUT2D eigenvalue weighted by Gasteiger charge is -2.24. The van der Waals surface area contributed by atoms with Crippen molar-refractivity contribution in [2.45, 2.75) is 52.5 Å². The van der Waals surface area contributed by atoms with Gasteiger partial charge in [-0.25, -0.2) is 0 Å². The van der Waals surface area contributed by atoms with E-state index in [1.807, 2.05) is 18.2 Å². The van der Waals surface area contributed by atoms with Crippen LogP contribution in [0.15, 0.2) is 30.3 Å². The molecule has 0 spiro atoms. The molecule has 3 heteroatoms. The van der Waals surface area contributed by atoms with Crippen LogP contribution >= 0.6 is 0 Å². The van der Waals surface area contributed by atoms with Gasteiger partial charge in [0, 0.05) is 18.5 Å². The molecule has 0 bridgehead atoms. The molecule has 3 nitrogen and oxygen atoms in total. The van der Waals surface area contributed by atoms with Crippen molar-refractivity contribution in [3.63, 3.8) is 0 Å². The van der Waals surface area contributed by atoms with Crippen LogP contribution in [0.1, 0.15) is 45.6 Å². The quantitative estimate of drug-likeness (QED) is 0.734. The van der Waals surface area contributed by atoms with Crippen LogP contribution in [0.2, 0.25) is 0 Å². The molecule has 0 aliphatic heterocycles. The zero-order chi connectivity index (χ0) is 15.7. The highest BCUT2D eigenvalue weighted by Gasteiger charge is 2.24. The number of rotatable bonds is 9. The lowest BCUT2D eigenvalue weighted by Crippen LogP contribution is -2.44. The summed E-state index contributed by atoms with van der Waals surface area (Å²) >= 11 is 0. The number of unbranched alkanes of at least 4 members (excludes halogenated alkanes) is 1. The molecule has 0 saturated carbocycles. The molecule has 1 aromatic rings. The van der Waals surface area contributed by atoms with Crippen LogP contribution in [0.5, 0.6) is 0 Å². The van der Waals surface area contributed by atoms with Gasteiger partial charge in [-0.3, -0.25) is 4.79 Å². The highest BCUT2D eigenvalue weighted by atomic mass is 16.1. The third-order valence-corrected chi connectivity index (χ3v) is 3.98. The fraction of sp³-hybridized carbons (Fsp3) is 0.611. The summed E-state index contributed by atoms with van der Waals surface area (Å²) in [7, 11) is 0. The summed E-state index contributed by atoms with van der Waals surface area (Å²) in [6.45, 7) is 6.89. The molecule has 3 N–H and O–H groups in total. The minimum Gasteiger partial charge on any atom is -0.352 e. The Morgan fingerprint density at radius 2 is 1.90 bits per heavy atom. The van der Waals surface area contributed by atoms with Gasteiger partial charge in [0.25, 0.3) is 0 Å². The minimum absolute atomic E-state index is 0.00285. The zero-order valence-corrected chi connectivity index (χ0v) is 13.6. The fourth-order valence-corrected chi connectivity index (χ4v) is 2.51. The molecule has 0 heterocycles. The predicted octanol–water partition coefficient (Wildman–Crippen LogP) is 3.14. The molecular weight excluding hydrogens is 260 g/mol. The first-order valence-electron chi connectivity index (χ1n) is 8.12. The largest absolute Gasteiger partial charge is 0.352 e. The highest BCUT2D eigenvalue weighted by molar-refractivity contribution is 5.79. The number of hydrogen-bond donors (Lipinski definition) is 2. The normalized spacial score (nSPS) is 14.0. The maximum Gasteiger partial charge on any atom is 0.223 e. The highest BCUT2D eigenvalue weighted by Crippen LogP contribution is 2.18. The Balaban J connectivity index is 2.64. The molecular formula is C18H30N2O. The first kappa shape index (κ1) is 17.7. The van der Waals surface area contributed by atoms with E-state index < -0.39 is 0 Å². The van der Waals surface area contributed by atoms with E-state index >= 15 is 0 Å². The van der Waals surface area contributed by atoms with Crippen LogP contribution in [-0.4, -0.2) is 18.5 Å². The number of carbonyl (C=O) groups is 1. The molecule has 118 valence electrons. The van der Waals surface area contributed by atoms with Gasteiger partial charge in [0.1, 0.15) is 0 Å². The molecule has 2 atom stereocenters. The van der Waals surface area contributed by atoms with E-state index in [0.29, 0.717) is 12.5 Å². The fourth-order valence-electron chi connectivity index (χ4n) is 2.51. The number of carbonyl (C=O) groups excluding carboxylic acids is 1. The summed E-state index contributed by atoms with van der Waals surface area (Å²) < 4.78 is 0. The van der Waals surface area contributed by atoms with Gasteiger partial charge in [-0.05, 0) is 24.3 Å². The Morgan fingerprint density at radius 1 is 1.24 bits per heavy atom. The summed E-state index contributed by atoms with van der Waals surface area (Å²) in [4.78, 5) is 12.6. The van der Waals surface area contributed by atoms with Crippen molar-refractivity contribution in [1.29, 1.82) is 0 Å². The van der Waals surface area contributed by atoms with Crippen molar-refractivity contribution < 1.29 is 4.79 Å². The zero-order valence-electron chi connectivity index (χ0n) is 13.6. The van der Waals surface area contributed by atoms with Crippen molar-refractivity contribution in [3.05, 3.63) is 35.9 Å². The van der Waals surface area contributed by atoms with Gasteiger partial charge in [0.15, 0.2) is 0 Å². The summed E-state index contributed by atoms with van der Waals surface area (Å²) in [6, 6.07) is 10.3. The van der Waals surface area contributed by atoms with E-state index in [-0.39, 0.29) is 17.9 Å². The number of hydrogen-bond acceptors (Lipinski definition) is 2. The Kier molecular flexibility index (Phi) is 8.06. The summed E-state index contributed by atoms with van der Waals surface area (Å²) in [5.74, 6) is 0.457. The molecule has 0 saturated heterocycles. The average Bonchev–Trinajstić information content (AvgIpc) is 2.49. The van der Waals surface area contributed by atoms with E-state index in [2.05, 4.69) is 38.2 Å². The topological polar surface area (TPSA) is 55.1 Å². The standard InChI is InChI=1S/C18H30N2O/c1-4-5-11-16(13-19)20-18(21)17(14(2)3)12-15-9-7-6-8-10-15/h6-10,14,16-17H,4-5,11-13,19H2,1-3H3,(H,20,21). The van der Waals surface area contributed by atoms with E-state index in [9.17, 15) is 4.79 Å². The number of nitrogens with one attached hydrogen (secondary N) is 1. The van der Waals surface area contributed by atoms with Crippen LogP contribution in [-0.2, 0) is 11.2 Å². The SMILES string of the molecule is CCCCC(CN)NC(=O)C(Cc1ccccc1)C(C)C. The van der Waals surface area contributed by atoms with Crippen LogP contribution < -0.4 is 11.1 Å². The second-order valence-electron chi connectivity index (χ2n) is 6.12. The number of nitrogens with two attached hydrogens (primary N) is 1. The molecule has 1 aromatic carbocycles. The molecule has 0 fully saturated rings. The van der Waals surface area contributed by atoms with Gasteiger partial charge in [0.2, 0.25) is 5.91 Å². The summed E-state index contributed by atoms with van der Waals surface area (Å²) in [6.07, 6.45) is 3.99. The van der Waals surface area contributed by atoms with Crippen molar-refractivity contribution >= 4 is 5.91 Å². The van der Waals surface area contributed by atoms with Gasteiger partial charge < -0.3 is 11.1 Å². The Labute approximate surface area is 129 Å². The van der Waals surface area contributed by atoms with Crippen molar-refractivity contribution in [3.8, 4) is 0 Å². The Morgan fingerprint density at radius 3 is 2.43 bits per heavy atom. The third-order valence-electron chi connectivity index (χ3n) is 3.98. The summed E-state index contributed by atoms with van der Waals surface area (Å²) in [5.41, 5.74) is 6.99. The molecule has 1 amide bonds. The lowest BCUT2D eigenvalue weighted by atomic mass is 9.88. The van der Waals surface area contributed by atoms with Crippen molar-refractivity contribution in [1.82, 2.24) is 5.32 Å².